The summed E-state index contributed by atoms with van der Waals surface area (Å²) in [6.07, 6.45) is 4.52. The van der Waals surface area contributed by atoms with E-state index in [9.17, 15) is 4.79 Å². The van der Waals surface area contributed by atoms with Crippen LogP contribution < -0.4 is 0 Å². The minimum atomic E-state index is 0.183. The molecule has 4 rings (SSSR count). The monoisotopic (exact) mass is 330 g/mol. The van der Waals surface area contributed by atoms with Crippen molar-refractivity contribution >= 4 is 5.91 Å². The molecule has 3 aliphatic rings. The smallest absolute Gasteiger partial charge is 0.248 e. The van der Waals surface area contributed by atoms with Gasteiger partial charge in [0.25, 0.3) is 0 Å². The van der Waals surface area contributed by atoms with E-state index in [1.54, 1.807) is 0 Å². The molecule has 4 nitrogen and oxygen atoms in total. The van der Waals surface area contributed by atoms with Gasteiger partial charge in [0.2, 0.25) is 5.91 Å². The molecule has 2 bridgehead atoms. The number of piperidine rings is 1. The van der Waals surface area contributed by atoms with Crippen LogP contribution in [-0.2, 0) is 16.1 Å². The normalized spacial score (nSPS) is 24.1. The minimum Gasteiger partial charge on any atom is -0.372 e. The largest absolute Gasteiger partial charge is 0.372 e. The summed E-state index contributed by atoms with van der Waals surface area (Å²) in [5, 5.41) is 0. The fourth-order valence-corrected chi connectivity index (χ4v) is 3.94. The Kier molecular flexibility index (Phi) is 6.27. The number of hydrogen-bond acceptors (Lipinski definition) is 3. The van der Waals surface area contributed by atoms with Crippen molar-refractivity contribution in [2.24, 2.45) is 5.92 Å². The van der Waals surface area contributed by atoms with Gasteiger partial charge in [0.1, 0.15) is 6.61 Å². The van der Waals surface area contributed by atoms with Gasteiger partial charge < -0.3 is 9.64 Å². The van der Waals surface area contributed by atoms with Gasteiger partial charge in [-0.15, -0.1) is 0 Å². The fraction of sp³-hybridized carbons (Fsp3) is 0.650. The van der Waals surface area contributed by atoms with Crippen LogP contribution in [0.3, 0.4) is 0 Å². The third-order valence-corrected chi connectivity index (χ3v) is 5.23. The van der Waals surface area contributed by atoms with Gasteiger partial charge >= 0.3 is 0 Å². The molecule has 3 saturated heterocycles. The highest BCUT2D eigenvalue weighted by Gasteiger charge is 2.36. The molecule has 0 spiro atoms. The van der Waals surface area contributed by atoms with Gasteiger partial charge in [-0.25, -0.2) is 0 Å². The van der Waals surface area contributed by atoms with Crippen molar-refractivity contribution in [1.29, 1.82) is 0 Å². The van der Waals surface area contributed by atoms with Crippen LogP contribution in [0.15, 0.2) is 30.3 Å². The predicted molar refractivity (Wildman–Crippen MR) is 95.7 cm³/mol. The standard InChI is InChI=1S/C20H30N2O2/c1-2-3-11-24-16-20(23)22-14-18-9-10-19(22)15-21(13-18)12-17-7-5-4-6-8-17/h4-8,18-19H,2-3,9-16H2,1H3/t18-,19+/m0/s1. The first-order valence-electron chi connectivity index (χ1n) is 9.39. The van der Waals surface area contributed by atoms with Gasteiger partial charge in [-0.2, -0.15) is 0 Å². The highest BCUT2D eigenvalue weighted by molar-refractivity contribution is 5.78. The second-order valence-electron chi connectivity index (χ2n) is 7.23. The summed E-state index contributed by atoms with van der Waals surface area (Å²) in [5.74, 6) is 0.786. The lowest BCUT2D eigenvalue weighted by Crippen LogP contribution is -2.48. The number of nitrogens with zero attached hydrogens (tertiary/aromatic N) is 2. The number of fused-ring (bicyclic) bond motifs is 4. The summed E-state index contributed by atoms with van der Waals surface area (Å²) < 4.78 is 5.56. The predicted octanol–water partition coefficient (Wildman–Crippen LogP) is 2.93. The van der Waals surface area contributed by atoms with E-state index in [4.69, 9.17) is 4.74 Å². The number of ether oxygens (including phenoxy) is 1. The van der Waals surface area contributed by atoms with Crippen LogP contribution in [-0.4, -0.2) is 54.6 Å². The van der Waals surface area contributed by atoms with Crippen LogP contribution >= 0.6 is 0 Å². The molecule has 0 N–H and O–H groups in total. The van der Waals surface area contributed by atoms with Crippen LogP contribution in [0, 0.1) is 5.92 Å². The molecule has 2 atom stereocenters. The van der Waals surface area contributed by atoms with Crippen LogP contribution in [0.5, 0.6) is 0 Å². The maximum Gasteiger partial charge on any atom is 0.248 e. The molecule has 4 heteroatoms. The summed E-state index contributed by atoms with van der Waals surface area (Å²) in [7, 11) is 0. The van der Waals surface area contributed by atoms with Crippen molar-refractivity contribution in [2.45, 2.75) is 45.2 Å². The molecular weight excluding hydrogens is 300 g/mol. The van der Waals surface area contributed by atoms with Gasteiger partial charge in [0.05, 0.1) is 0 Å². The number of carbonyl (C=O) groups is 1. The summed E-state index contributed by atoms with van der Waals surface area (Å²) in [6.45, 7) is 7.08. The Bertz CT molecular complexity index is 520. The van der Waals surface area contributed by atoms with E-state index in [1.165, 1.54) is 12.0 Å². The summed E-state index contributed by atoms with van der Waals surface area (Å²) in [5.41, 5.74) is 1.36. The lowest BCUT2D eigenvalue weighted by atomic mass is 9.95. The highest BCUT2D eigenvalue weighted by atomic mass is 16.5. The summed E-state index contributed by atoms with van der Waals surface area (Å²) >= 11 is 0. The average molecular weight is 330 g/mol. The van der Waals surface area contributed by atoms with Gasteiger partial charge in [-0.1, -0.05) is 43.7 Å². The third-order valence-electron chi connectivity index (χ3n) is 5.23. The van der Waals surface area contributed by atoms with Crippen molar-refractivity contribution in [3.05, 3.63) is 35.9 Å². The molecule has 0 radical (unpaired) electrons. The molecule has 3 fully saturated rings. The van der Waals surface area contributed by atoms with Crippen LogP contribution in [0.4, 0.5) is 0 Å². The molecule has 3 aliphatic heterocycles. The summed E-state index contributed by atoms with van der Waals surface area (Å²) in [6, 6.07) is 11.0. The zero-order valence-corrected chi connectivity index (χ0v) is 14.8. The Hall–Kier alpha value is -1.39. The van der Waals surface area contributed by atoms with E-state index in [0.29, 0.717) is 18.6 Å². The minimum absolute atomic E-state index is 0.183. The van der Waals surface area contributed by atoms with Crippen LogP contribution in [0.1, 0.15) is 38.2 Å². The first-order chi connectivity index (χ1) is 11.8. The Morgan fingerprint density at radius 3 is 2.79 bits per heavy atom. The molecule has 0 aromatic heterocycles. The van der Waals surface area contributed by atoms with E-state index < -0.39 is 0 Å². The topological polar surface area (TPSA) is 32.8 Å². The Morgan fingerprint density at radius 2 is 2.00 bits per heavy atom. The first kappa shape index (κ1) is 17.4. The van der Waals surface area contributed by atoms with Gasteiger partial charge in [0.15, 0.2) is 0 Å². The van der Waals surface area contributed by atoms with Crippen molar-refractivity contribution in [2.75, 3.05) is 32.8 Å². The van der Waals surface area contributed by atoms with E-state index in [2.05, 4.69) is 47.1 Å². The maximum atomic E-state index is 12.6. The average Bonchev–Trinajstić information content (AvgIpc) is 2.90. The molecule has 1 aromatic rings. The first-order valence-corrected chi connectivity index (χ1v) is 9.39. The van der Waals surface area contributed by atoms with Crippen molar-refractivity contribution in [3.8, 4) is 0 Å². The maximum absolute atomic E-state index is 12.6. The summed E-state index contributed by atoms with van der Waals surface area (Å²) in [4.78, 5) is 17.2. The van der Waals surface area contributed by atoms with Crippen LogP contribution in [0.2, 0.25) is 0 Å². The van der Waals surface area contributed by atoms with Gasteiger partial charge in [-0.05, 0) is 30.7 Å². The SMILES string of the molecule is CCCCOCC(=O)N1C[C@H]2CC[C@@H]1CN(Cc1ccccc1)C2. The van der Waals surface area contributed by atoms with Crippen molar-refractivity contribution in [1.82, 2.24) is 9.80 Å². The lowest BCUT2D eigenvalue weighted by Gasteiger charge is -2.36. The van der Waals surface area contributed by atoms with E-state index >= 15 is 0 Å². The quantitative estimate of drug-likeness (QED) is 0.721. The number of carbonyl (C=O) groups excluding carboxylic acids is 1. The zero-order valence-electron chi connectivity index (χ0n) is 14.8. The van der Waals surface area contributed by atoms with E-state index in [0.717, 1.165) is 45.4 Å². The van der Waals surface area contributed by atoms with E-state index in [-0.39, 0.29) is 12.5 Å². The number of benzene rings is 1. The molecule has 132 valence electrons. The zero-order chi connectivity index (χ0) is 16.8. The molecule has 24 heavy (non-hydrogen) atoms. The Morgan fingerprint density at radius 1 is 1.17 bits per heavy atom. The highest BCUT2D eigenvalue weighted by Crippen LogP contribution is 2.28. The van der Waals surface area contributed by atoms with Crippen molar-refractivity contribution in [3.63, 3.8) is 0 Å². The number of amides is 1. The number of hydrogen-bond donors (Lipinski definition) is 0. The molecule has 0 aliphatic carbocycles. The van der Waals surface area contributed by atoms with Crippen molar-refractivity contribution < 1.29 is 9.53 Å². The lowest BCUT2D eigenvalue weighted by molar-refractivity contribution is -0.140. The molecule has 0 unspecified atom stereocenters. The van der Waals surface area contributed by atoms with Crippen LogP contribution in [0.25, 0.3) is 0 Å². The Balaban J connectivity index is 1.56. The number of unbranched alkanes of at least 4 members (excludes halogenated alkanes) is 1. The molecule has 3 heterocycles. The molecular formula is C20H30N2O2. The van der Waals surface area contributed by atoms with Gasteiger partial charge in [0, 0.05) is 38.8 Å². The third kappa shape index (κ3) is 4.58. The molecule has 1 aromatic carbocycles. The fourth-order valence-electron chi connectivity index (χ4n) is 3.94. The Labute approximate surface area is 145 Å². The second kappa shape index (κ2) is 8.63. The number of rotatable bonds is 7. The van der Waals surface area contributed by atoms with E-state index in [1.807, 2.05) is 0 Å². The molecule has 0 saturated carbocycles. The van der Waals surface area contributed by atoms with Gasteiger partial charge in [-0.3, -0.25) is 9.69 Å². The molecule has 1 amide bonds. The second-order valence-corrected chi connectivity index (χ2v) is 7.23.